The highest BCUT2D eigenvalue weighted by Crippen LogP contribution is 2.50. The number of Topliss-reactive ketones (excluding diaryl/α,β-unsaturated/α-hetero) is 1. The van der Waals surface area contributed by atoms with Crippen LogP contribution in [0.1, 0.15) is 36.3 Å². The lowest BCUT2D eigenvalue weighted by Gasteiger charge is -2.55. The smallest absolute Gasteiger partial charge is 0.276 e. The van der Waals surface area contributed by atoms with Crippen LogP contribution in [0.25, 0.3) is 11.0 Å². The van der Waals surface area contributed by atoms with Gasteiger partial charge in [-0.1, -0.05) is 5.16 Å². The number of nitrogens with zero attached hydrogens (tertiary/aromatic N) is 3. The van der Waals surface area contributed by atoms with Crippen LogP contribution in [0.3, 0.4) is 0 Å². The van der Waals surface area contributed by atoms with Crippen LogP contribution in [0.15, 0.2) is 10.6 Å². The maximum atomic E-state index is 15.9. The van der Waals surface area contributed by atoms with Gasteiger partial charge in [-0.15, -0.1) is 0 Å². The molecule has 33 heavy (non-hydrogen) atoms. The number of ketones is 1. The monoisotopic (exact) mass is 458 g/mol. The Kier molecular flexibility index (Phi) is 4.61. The molecule has 10 nitrogen and oxygen atoms in total. The van der Waals surface area contributed by atoms with Gasteiger partial charge < -0.3 is 19.1 Å². The zero-order valence-electron chi connectivity index (χ0n) is 18.6. The van der Waals surface area contributed by atoms with E-state index in [-0.39, 0.29) is 41.4 Å². The van der Waals surface area contributed by atoms with Gasteiger partial charge in [0.15, 0.2) is 17.3 Å². The van der Waals surface area contributed by atoms with Crippen molar-refractivity contribution in [2.75, 3.05) is 25.5 Å². The lowest BCUT2D eigenvalue weighted by Crippen LogP contribution is -2.72. The Morgan fingerprint density at radius 3 is 2.70 bits per heavy atom. The summed E-state index contributed by atoms with van der Waals surface area (Å²) in [6.45, 7) is 3.77. The van der Waals surface area contributed by atoms with Crippen LogP contribution in [-0.2, 0) is 25.5 Å². The third-order valence-corrected chi connectivity index (χ3v) is 6.79. The number of nitrogens with one attached hydrogen (secondary N) is 1. The number of morpholine rings is 1. The number of rotatable bonds is 1. The first-order valence-corrected chi connectivity index (χ1v) is 10.7. The Labute approximate surface area is 188 Å². The lowest BCUT2D eigenvalue weighted by atomic mass is 9.63. The summed E-state index contributed by atoms with van der Waals surface area (Å²) in [6.07, 6.45) is -1.49. The Morgan fingerprint density at radius 1 is 1.30 bits per heavy atom. The number of hydrogen-bond acceptors (Lipinski definition) is 8. The minimum Gasteiger partial charge on any atom is -0.372 e. The number of carbonyl (C=O) groups excluding carboxylic acids is 4. The van der Waals surface area contributed by atoms with Crippen molar-refractivity contribution in [2.45, 2.75) is 44.9 Å². The number of halogens is 1. The molecular formula is C22H23FN4O6. The van der Waals surface area contributed by atoms with Gasteiger partial charge in [-0.25, -0.2) is 4.39 Å². The number of piperidine rings is 1. The summed E-state index contributed by atoms with van der Waals surface area (Å²) < 4.78 is 27.1. The number of ether oxygens (including phenoxy) is 1. The molecule has 2 saturated heterocycles. The number of imide groups is 1. The fraction of sp³-hybridized carbons (Fsp3) is 0.500. The van der Waals surface area contributed by atoms with Crippen molar-refractivity contribution in [1.29, 1.82) is 0 Å². The average Bonchev–Trinajstić information content (AvgIpc) is 3.14. The Bertz CT molecular complexity index is 1220. The van der Waals surface area contributed by atoms with E-state index in [4.69, 9.17) is 9.26 Å². The largest absolute Gasteiger partial charge is 0.372 e. The molecule has 1 aromatic heterocycles. The van der Waals surface area contributed by atoms with Gasteiger partial charge in [-0.3, -0.25) is 24.5 Å². The van der Waals surface area contributed by atoms with Gasteiger partial charge in [-0.2, -0.15) is 0 Å². The van der Waals surface area contributed by atoms with Crippen LogP contribution in [0.4, 0.5) is 10.1 Å². The molecule has 3 aliphatic rings. The second-order valence-electron chi connectivity index (χ2n) is 9.18. The summed E-state index contributed by atoms with van der Waals surface area (Å²) in [6, 6.07) is 0.736. The van der Waals surface area contributed by atoms with E-state index in [1.165, 1.54) is 19.0 Å². The van der Waals surface area contributed by atoms with Crippen LogP contribution >= 0.6 is 0 Å². The maximum absolute atomic E-state index is 15.9. The van der Waals surface area contributed by atoms with Crippen molar-refractivity contribution in [2.24, 2.45) is 5.41 Å². The fourth-order valence-electron chi connectivity index (χ4n) is 5.51. The molecule has 0 bridgehead atoms. The molecule has 3 amide bonds. The predicted octanol–water partition coefficient (Wildman–Crippen LogP) is 0.809. The molecule has 174 valence electrons. The van der Waals surface area contributed by atoms with E-state index in [0.717, 1.165) is 0 Å². The van der Waals surface area contributed by atoms with Gasteiger partial charge in [0.2, 0.25) is 17.4 Å². The number of carbonyl (C=O) groups is 4. The SMILES string of the molecule is C[C@@H]1CN2c3c(cc4c(C(=O)N(C)C)noc4c3F)CC3(C(=O)CC(=O)NC3=O)[C@H]2[C@H](C)O1. The summed E-state index contributed by atoms with van der Waals surface area (Å²) in [4.78, 5) is 53.9. The van der Waals surface area contributed by atoms with Crippen molar-refractivity contribution in [3.63, 3.8) is 0 Å². The van der Waals surface area contributed by atoms with Gasteiger partial charge in [-0.05, 0) is 31.9 Å². The van der Waals surface area contributed by atoms with Gasteiger partial charge >= 0.3 is 0 Å². The second kappa shape index (κ2) is 7.08. The minimum absolute atomic E-state index is 0.0637. The molecule has 5 rings (SSSR count). The highest BCUT2D eigenvalue weighted by Gasteiger charge is 2.62. The maximum Gasteiger partial charge on any atom is 0.276 e. The average molecular weight is 458 g/mol. The van der Waals surface area contributed by atoms with E-state index in [0.29, 0.717) is 5.56 Å². The first-order valence-electron chi connectivity index (χ1n) is 10.7. The zero-order chi connectivity index (χ0) is 23.8. The van der Waals surface area contributed by atoms with Gasteiger partial charge in [0, 0.05) is 20.6 Å². The van der Waals surface area contributed by atoms with E-state index < -0.39 is 53.3 Å². The first kappa shape index (κ1) is 21.5. The molecule has 2 fully saturated rings. The van der Waals surface area contributed by atoms with E-state index in [1.54, 1.807) is 17.9 Å². The summed E-state index contributed by atoms with van der Waals surface area (Å²) in [7, 11) is 3.07. The standard InChI is InChI=1S/C22H23FN4O6/c1-9-8-27-17-11(5-12-16(20(30)26(3)4)25-33-18(12)15(17)23)7-22(19(27)10(2)32-9)13(28)6-14(29)24-21(22)31/h5,9-10,19H,6-8H2,1-4H3,(H,24,29,31)/t9-,10+,19-,22?/m1/s1. The number of fused-ring (bicyclic) bond motifs is 5. The summed E-state index contributed by atoms with van der Waals surface area (Å²) in [5.74, 6) is -3.09. The molecule has 11 heteroatoms. The molecule has 1 unspecified atom stereocenters. The van der Waals surface area contributed by atoms with E-state index in [1.807, 2.05) is 6.92 Å². The number of hydrogen-bond donors (Lipinski definition) is 1. The predicted molar refractivity (Wildman–Crippen MR) is 112 cm³/mol. The lowest BCUT2D eigenvalue weighted by molar-refractivity contribution is -0.158. The normalized spacial score (nSPS) is 29.2. The first-order chi connectivity index (χ1) is 15.6. The molecule has 1 N–H and O–H groups in total. The van der Waals surface area contributed by atoms with Crippen molar-refractivity contribution in [3.05, 3.63) is 23.1 Å². The number of amides is 3. The van der Waals surface area contributed by atoms with E-state index in [2.05, 4.69) is 10.5 Å². The molecule has 4 atom stereocenters. The van der Waals surface area contributed by atoms with Crippen molar-refractivity contribution in [3.8, 4) is 0 Å². The molecular weight excluding hydrogens is 435 g/mol. The molecule has 0 radical (unpaired) electrons. The molecule has 3 aliphatic heterocycles. The van der Waals surface area contributed by atoms with Crippen molar-refractivity contribution >= 4 is 40.2 Å². The Morgan fingerprint density at radius 2 is 2.03 bits per heavy atom. The van der Waals surface area contributed by atoms with Crippen LogP contribution in [0.2, 0.25) is 0 Å². The molecule has 4 heterocycles. The number of benzene rings is 1. The molecule has 1 spiro atoms. The second-order valence-corrected chi connectivity index (χ2v) is 9.18. The highest BCUT2D eigenvalue weighted by molar-refractivity contribution is 6.22. The minimum atomic E-state index is -1.64. The van der Waals surface area contributed by atoms with Crippen LogP contribution in [0.5, 0.6) is 0 Å². The van der Waals surface area contributed by atoms with Gasteiger partial charge in [0.1, 0.15) is 5.41 Å². The summed E-state index contributed by atoms with van der Waals surface area (Å²) in [5.41, 5.74) is -1.31. The quantitative estimate of drug-likeness (QED) is 0.492. The van der Waals surface area contributed by atoms with Gasteiger partial charge in [0.25, 0.3) is 5.91 Å². The summed E-state index contributed by atoms with van der Waals surface area (Å²) in [5, 5.41) is 6.24. The molecule has 2 aromatic rings. The molecule has 1 aromatic carbocycles. The van der Waals surface area contributed by atoms with E-state index >= 15 is 4.39 Å². The third-order valence-electron chi connectivity index (χ3n) is 6.79. The number of aromatic nitrogens is 1. The molecule has 0 aliphatic carbocycles. The van der Waals surface area contributed by atoms with Crippen LogP contribution < -0.4 is 10.2 Å². The van der Waals surface area contributed by atoms with Crippen LogP contribution in [-0.4, -0.2) is 72.5 Å². The van der Waals surface area contributed by atoms with Crippen molar-refractivity contribution < 1.29 is 32.8 Å². The zero-order valence-corrected chi connectivity index (χ0v) is 18.6. The van der Waals surface area contributed by atoms with Crippen molar-refractivity contribution in [1.82, 2.24) is 15.4 Å². The summed E-state index contributed by atoms with van der Waals surface area (Å²) >= 11 is 0. The Hall–Kier alpha value is -3.34. The topological polar surface area (TPSA) is 122 Å². The molecule has 0 saturated carbocycles. The van der Waals surface area contributed by atoms with E-state index in [9.17, 15) is 19.2 Å². The number of anilines is 1. The highest BCUT2D eigenvalue weighted by atomic mass is 19.1. The Balaban J connectivity index is 1.77. The van der Waals surface area contributed by atoms with Gasteiger partial charge in [0.05, 0.1) is 35.7 Å². The van der Waals surface area contributed by atoms with Crippen LogP contribution in [0, 0.1) is 11.2 Å². The third kappa shape index (κ3) is 2.84. The fourth-order valence-corrected chi connectivity index (χ4v) is 5.51.